The molecule has 1 saturated heterocycles. The second-order valence-electron chi connectivity index (χ2n) is 7.56. The van der Waals surface area contributed by atoms with Crippen LogP contribution in [0.2, 0.25) is 0 Å². The molecule has 2 aromatic carbocycles. The third kappa shape index (κ3) is 4.64. The third-order valence-electron chi connectivity index (χ3n) is 5.36. The molecule has 10 heteroatoms. The normalized spacial score (nSPS) is 21.5. The van der Waals surface area contributed by atoms with Crippen molar-refractivity contribution < 1.29 is 33.0 Å². The summed E-state index contributed by atoms with van der Waals surface area (Å²) < 4.78 is 31.9. The van der Waals surface area contributed by atoms with E-state index in [4.69, 9.17) is 10.5 Å². The van der Waals surface area contributed by atoms with Crippen LogP contribution >= 0.6 is 0 Å². The number of ether oxygens (including phenoxy) is 1. The number of nitrogens with two attached hydrogens (primary N) is 1. The first-order valence-corrected chi connectivity index (χ1v) is 11.1. The van der Waals surface area contributed by atoms with E-state index in [9.17, 15) is 28.2 Å². The van der Waals surface area contributed by atoms with Crippen LogP contribution in [0.15, 0.2) is 53.4 Å². The summed E-state index contributed by atoms with van der Waals surface area (Å²) in [7, 11) is -4.22. The highest BCUT2D eigenvalue weighted by molar-refractivity contribution is 7.92. The minimum absolute atomic E-state index is 0.0768. The molecule has 1 aliphatic heterocycles. The Morgan fingerprint density at radius 2 is 1.77 bits per heavy atom. The number of sulfone groups is 1. The lowest BCUT2D eigenvalue weighted by molar-refractivity contribution is -0.162. The maximum Gasteiger partial charge on any atom is 0.338 e. The van der Waals surface area contributed by atoms with Gasteiger partial charge in [0.15, 0.2) is 15.4 Å². The van der Waals surface area contributed by atoms with Crippen LogP contribution in [-0.4, -0.2) is 59.5 Å². The minimum Gasteiger partial charge on any atom is -0.489 e. The number of piperidine rings is 1. The molecule has 0 aliphatic carbocycles. The summed E-state index contributed by atoms with van der Waals surface area (Å²) in [6.07, 6.45) is -0.264. The van der Waals surface area contributed by atoms with Crippen LogP contribution in [-0.2, 0) is 21.2 Å². The average molecular weight is 448 g/mol. The van der Waals surface area contributed by atoms with E-state index < -0.39 is 39.2 Å². The summed E-state index contributed by atoms with van der Waals surface area (Å²) in [5.41, 5.74) is 4.57. The van der Waals surface area contributed by atoms with E-state index in [0.717, 1.165) is 16.0 Å². The fraction of sp³-hybridized carbons (Fsp3) is 0.333. The number of rotatable bonds is 6. The molecule has 0 radical (unpaired) electrons. The van der Waals surface area contributed by atoms with Crippen LogP contribution in [0.5, 0.6) is 5.75 Å². The van der Waals surface area contributed by atoms with E-state index in [2.05, 4.69) is 0 Å². The Bertz CT molecular complexity index is 1070. The molecule has 0 saturated carbocycles. The van der Waals surface area contributed by atoms with Crippen molar-refractivity contribution in [3.63, 3.8) is 0 Å². The molecule has 4 N–H and O–H groups in total. The molecule has 2 unspecified atom stereocenters. The van der Waals surface area contributed by atoms with Crippen molar-refractivity contribution in [2.24, 2.45) is 5.73 Å². The predicted molar refractivity (Wildman–Crippen MR) is 111 cm³/mol. The zero-order valence-electron chi connectivity index (χ0n) is 16.9. The van der Waals surface area contributed by atoms with Gasteiger partial charge in [0.1, 0.15) is 17.6 Å². The molecular formula is C21H24N2O7S. The number of benzene rings is 2. The van der Waals surface area contributed by atoms with Crippen molar-refractivity contribution in [2.45, 2.75) is 35.7 Å². The molecule has 9 nitrogen and oxygen atoms in total. The van der Waals surface area contributed by atoms with E-state index in [1.54, 1.807) is 0 Å². The van der Waals surface area contributed by atoms with Crippen LogP contribution < -0.4 is 10.5 Å². The Morgan fingerprint density at radius 1 is 1.16 bits per heavy atom. The first-order chi connectivity index (χ1) is 14.5. The predicted octanol–water partition coefficient (Wildman–Crippen LogP) is 1.32. The molecule has 1 fully saturated rings. The fourth-order valence-electron chi connectivity index (χ4n) is 3.53. The summed E-state index contributed by atoms with van der Waals surface area (Å²) >= 11 is 0. The van der Waals surface area contributed by atoms with E-state index in [0.29, 0.717) is 12.4 Å². The number of hydrogen-bond acceptors (Lipinski definition) is 6. The van der Waals surface area contributed by atoms with Gasteiger partial charge in [-0.3, -0.25) is 0 Å². The molecule has 0 aromatic heterocycles. The number of carbonyl (C=O) groups excluding carboxylic acids is 1. The number of likely N-dealkylation sites (tertiary alicyclic amines) is 1. The number of hydrogen-bond donors (Lipinski definition) is 3. The quantitative estimate of drug-likeness (QED) is 0.604. The van der Waals surface area contributed by atoms with Gasteiger partial charge in [0.05, 0.1) is 11.4 Å². The highest BCUT2D eigenvalue weighted by Gasteiger charge is 2.55. The Morgan fingerprint density at radius 3 is 2.32 bits per heavy atom. The molecule has 3 rings (SSSR count). The zero-order valence-corrected chi connectivity index (χ0v) is 17.7. The highest BCUT2D eigenvalue weighted by Crippen LogP contribution is 2.33. The number of aryl methyl sites for hydroxylation is 1. The van der Waals surface area contributed by atoms with Crippen molar-refractivity contribution >= 4 is 21.8 Å². The summed E-state index contributed by atoms with van der Waals surface area (Å²) in [5.74, 6) is -1.29. The van der Waals surface area contributed by atoms with Gasteiger partial charge in [-0.2, -0.15) is 0 Å². The van der Waals surface area contributed by atoms with E-state index in [1.165, 1.54) is 24.3 Å². The number of primary amides is 1. The van der Waals surface area contributed by atoms with Crippen LogP contribution in [0.3, 0.4) is 0 Å². The van der Waals surface area contributed by atoms with Gasteiger partial charge < -0.3 is 25.6 Å². The van der Waals surface area contributed by atoms with E-state index in [1.807, 2.05) is 31.2 Å². The third-order valence-corrected chi connectivity index (χ3v) is 7.66. The fourth-order valence-corrected chi connectivity index (χ4v) is 5.48. The first kappa shape index (κ1) is 22.6. The number of carbonyl (C=O) groups is 2. The van der Waals surface area contributed by atoms with Gasteiger partial charge >= 0.3 is 12.0 Å². The number of amides is 2. The molecule has 31 heavy (non-hydrogen) atoms. The summed E-state index contributed by atoms with van der Waals surface area (Å²) in [5, 5.41) is 18.5. The van der Waals surface area contributed by atoms with Crippen molar-refractivity contribution in [2.75, 3.05) is 13.1 Å². The number of β-amino-alcohol motifs (C(OH)–C–C–N with tert-alkyl or cyclic N) is 1. The summed E-state index contributed by atoms with van der Waals surface area (Å²) in [6, 6.07) is 12.4. The monoisotopic (exact) mass is 448 g/mol. The molecule has 2 aromatic rings. The van der Waals surface area contributed by atoms with Crippen LogP contribution in [0.4, 0.5) is 4.79 Å². The lowest BCUT2D eigenvalue weighted by atomic mass is 9.92. The van der Waals surface area contributed by atoms with Gasteiger partial charge in [-0.05, 0) is 43.2 Å². The highest BCUT2D eigenvalue weighted by atomic mass is 32.2. The molecule has 1 heterocycles. The van der Waals surface area contributed by atoms with Crippen LogP contribution in [0.25, 0.3) is 0 Å². The Kier molecular flexibility index (Phi) is 6.23. The van der Waals surface area contributed by atoms with Gasteiger partial charge in [0.2, 0.25) is 0 Å². The SMILES string of the molecule is Cc1ccc(COc2ccc(S(=O)(=O)C3CCN(C(N)=O)CC3(O)C(=O)O)cc2)cc1. The zero-order chi connectivity index (χ0) is 22.8. The second-order valence-corrected chi connectivity index (χ2v) is 9.69. The van der Waals surface area contributed by atoms with Gasteiger partial charge in [-0.15, -0.1) is 0 Å². The maximum absolute atomic E-state index is 13.1. The number of urea groups is 1. The van der Waals surface area contributed by atoms with Gasteiger partial charge in [-0.25, -0.2) is 18.0 Å². The summed E-state index contributed by atoms with van der Waals surface area (Å²) in [4.78, 5) is 23.9. The second kappa shape index (κ2) is 8.56. The molecule has 2 amide bonds. The smallest absolute Gasteiger partial charge is 0.338 e. The lowest BCUT2D eigenvalue weighted by Gasteiger charge is -2.40. The summed E-state index contributed by atoms with van der Waals surface area (Å²) in [6.45, 7) is 1.50. The van der Waals surface area contributed by atoms with Crippen molar-refractivity contribution in [1.82, 2.24) is 4.90 Å². The molecule has 0 bridgehead atoms. The Hall–Kier alpha value is -3.11. The van der Waals surface area contributed by atoms with Crippen LogP contribution in [0, 0.1) is 6.92 Å². The molecule has 2 atom stereocenters. The standard InChI is InChI=1S/C21H24N2O7S/c1-14-2-4-15(5-3-14)12-30-16-6-8-17(9-7-16)31(28,29)18-10-11-23(20(22)26)13-21(18,27)19(24)25/h2-9,18,27H,10-13H2,1H3,(H2,22,26)(H,24,25). The van der Waals surface area contributed by atoms with Gasteiger partial charge in [-0.1, -0.05) is 29.8 Å². The van der Waals surface area contributed by atoms with Gasteiger partial charge in [0, 0.05) is 6.54 Å². The number of aliphatic carboxylic acids is 1. The Labute approximate surface area is 180 Å². The average Bonchev–Trinajstić information content (AvgIpc) is 2.73. The number of nitrogens with zero attached hydrogens (tertiary/aromatic N) is 1. The molecule has 166 valence electrons. The van der Waals surface area contributed by atoms with E-state index in [-0.39, 0.29) is 17.9 Å². The van der Waals surface area contributed by atoms with Gasteiger partial charge in [0.25, 0.3) is 0 Å². The van der Waals surface area contributed by atoms with Crippen LogP contribution in [0.1, 0.15) is 17.5 Å². The number of carboxylic acid groups (broad SMARTS) is 1. The minimum atomic E-state index is -4.22. The lowest BCUT2D eigenvalue weighted by Crippen LogP contribution is -2.65. The maximum atomic E-state index is 13.1. The van der Waals surface area contributed by atoms with E-state index >= 15 is 0 Å². The molecule has 1 aliphatic rings. The topological polar surface area (TPSA) is 147 Å². The Balaban J connectivity index is 1.78. The van der Waals surface area contributed by atoms with Crippen molar-refractivity contribution in [1.29, 1.82) is 0 Å². The van der Waals surface area contributed by atoms with Crippen molar-refractivity contribution in [3.05, 3.63) is 59.7 Å². The molecule has 0 spiro atoms. The first-order valence-electron chi connectivity index (χ1n) is 9.56. The number of aliphatic hydroxyl groups is 1. The largest absolute Gasteiger partial charge is 0.489 e. The number of carboxylic acids is 1. The van der Waals surface area contributed by atoms with Crippen molar-refractivity contribution in [3.8, 4) is 5.75 Å². The molecular weight excluding hydrogens is 424 g/mol.